The van der Waals surface area contributed by atoms with Gasteiger partial charge in [-0.2, -0.15) is 0 Å². The van der Waals surface area contributed by atoms with Crippen LogP contribution < -0.4 is 0 Å². The molecule has 4 aliphatic carbocycles. The number of allylic oxidation sites excluding steroid dienone is 1. The Morgan fingerprint density at radius 2 is 1.90 bits per heavy atom. The summed E-state index contributed by atoms with van der Waals surface area (Å²) in [7, 11) is 0. The molecule has 0 aromatic heterocycles. The van der Waals surface area contributed by atoms with Crippen molar-refractivity contribution < 1.29 is 19.4 Å². The number of ketones is 1. The molecule has 3 saturated carbocycles. The molecule has 0 radical (unpaired) electrons. The zero-order chi connectivity index (χ0) is 21.8. The molecule has 5 fully saturated rings. The van der Waals surface area contributed by atoms with Crippen molar-refractivity contribution in [1.82, 2.24) is 0 Å². The number of rotatable bonds is 0. The van der Waals surface area contributed by atoms with E-state index in [1.54, 1.807) is 0 Å². The molecule has 172 valence electrons. The second-order valence-corrected chi connectivity index (χ2v) is 12.5. The fourth-order valence-corrected chi connectivity index (χ4v) is 9.34. The molecule has 1 N–H and O–H groups in total. The van der Waals surface area contributed by atoms with Gasteiger partial charge in [0.15, 0.2) is 5.79 Å². The summed E-state index contributed by atoms with van der Waals surface area (Å²) in [4.78, 5) is 14.0. The molecule has 1 spiro atoms. The van der Waals surface area contributed by atoms with Gasteiger partial charge >= 0.3 is 0 Å². The van der Waals surface area contributed by atoms with E-state index >= 15 is 0 Å². The first-order chi connectivity index (χ1) is 14.7. The highest BCUT2D eigenvalue weighted by Crippen LogP contribution is 2.69. The zero-order valence-electron chi connectivity index (χ0n) is 19.7. The van der Waals surface area contributed by atoms with Crippen molar-refractivity contribution in [3.63, 3.8) is 0 Å². The van der Waals surface area contributed by atoms with Crippen LogP contribution in [0.4, 0.5) is 0 Å². The van der Waals surface area contributed by atoms with E-state index in [1.165, 1.54) is 5.57 Å². The van der Waals surface area contributed by atoms with Gasteiger partial charge in [0.25, 0.3) is 0 Å². The molecule has 0 aromatic rings. The second-order valence-electron chi connectivity index (χ2n) is 12.5. The number of aliphatic hydroxyl groups excluding tert-OH is 1. The van der Waals surface area contributed by atoms with Crippen LogP contribution in [-0.4, -0.2) is 35.5 Å². The summed E-state index contributed by atoms with van der Waals surface area (Å²) in [6.45, 7) is 10.0. The standard InChI is InChI=1S/C27H40O4/c1-15-7-10-27(30-14-15)16(2)24-22(31-27)12-21-19-6-5-17-11-18(28)8-9-25(17,3)20(19)13-23(29)26(21,24)4/h5,15-16,18-22,24,28H,6-14H2,1-4H3. The van der Waals surface area contributed by atoms with E-state index in [1.807, 2.05) is 0 Å². The molecule has 0 aromatic carbocycles. The molecule has 2 heterocycles. The van der Waals surface area contributed by atoms with Crippen molar-refractivity contribution in [1.29, 1.82) is 0 Å². The number of fused-ring (bicyclic) bond motifs is 7. The van der Waals surface area contributed by atoms with Gasteiger partial charge in [-0.05, 0) is 67.6 Å². The third-order valence-electron chi connectivity index (χ3n) is 11.2. The molecular weight excluding hydrogens is 388 g/mol. The minimum absolute atomic E-state index is 0.0904. The summed E-state index contributed by atoms with van der Waals surface area (Å²) in [5, 5.41) is 10.2. The molecule has 0 amide bonds. The van der Waals surface area contributed by atoms with Gasteiger partial charge in [-0.3, -0.25) is 4.79 Å². The van der Waals surface area contributed by atoms with E-state index in [0.29, 0.717) is 35.9 Å². The summed E-state index contributed by atoms with van der Waals surface area (Å²) in [6, 6.07) is 0. The van der Waals surface area contributed by atoms with Crippen LogP contribution >= 0.6 is 0 Å². The van der Waals surface area contributed by atoms with Gasteiger partial charge in [-0.15, -0.1) is 0 Å². The molecule has 2 aliphatic heterocycles. The number of aliphatic hydroxyl groups is 1. The Kier molecular flexibility index (Phi) is 4.49. The monoisotopic (exact) mass is 428 g/mol. The van der Waals surface area contributed by atoms with Crippen LogP contribution in [0.1, 0.15) is 79.1 Å². The van der Waals surface area contributed by atoms with E-state index in [-0.39, 0.29) is 34.9 Å². The Morgan fingerprint density at radius 3 is 2.65 bits per heavy atom. The van der Waals surface area contributed by atoms with E-state index < -0.39 is 5.79 Å². The molecule has 11 atom stereocenters. The first-order valence-corrected chi connectivity index (χ1v) is 12.9. The highest BCUT2D eigenvalue weighted by Gasteiger charge is 2.71. The van der Waals surface area contributed by atoms with Gasteiger partial charge in [0.2, 0.25) is 0 Å². The molecule has 6 rings (SSSR count). The summed E-state index contributed by atoms with van der Waals surface area (Å²) >= 11 is 0. The topological polar surface area (TPSA) is 55.8 Å². The Bertz CT molecular complexity index is 810. The predicted molar refractivity (Wildman–Crippen MR) is 118 cm³/mol. The zero-order valence-corrected chi connectivity index (χ0v) is 19.7. The second kappa shape index (κ2) is 6.67. The largest absolute Gasteiger partial charge is 0.393 e. The average molecular weight is 429 g/mol. The van der Waals surface area contributed by atoms with E-state index in [9.17, 15) is 9.90 Å². The summed E-state index contributed by atoms with van der Waals surface area (Å²) in [6.07, 6.45) is 10.0. The van der Waals surface area contributed by atoms with Crippen LogP contribution in [0.3, 0.4) is 0 Å². The Morgan fingerprint density at radius 1 is 1.10 bits per heavy atom. The van der Waals surface area contributed by atoms with Crippen LogP contribution in [0.25, 0.3) is 0 Å². The molecular formula is C27H40O4. The normalized spacial score (nSPS) is 58.4. The maximum Gasteiger partial charge on any atom is 0.171 e. The first-order valence-electron chi connectivity index (χ1n) is 12.9. The lowest BCUT2D eigenvalue weighted by molar-refractivity contribution is -0.272. The van der Waals surface area contributed by atoms with Crippen LogP contribution in [-0.2, 0) is 14.3 Å². The van der Waals surface area contributed by atoms with Crippen molar-refractivity contribution in [2.75, 3.05) is 6.61 Å². The first kappa shape index (κ1) is 20.9. The average Bonchev–Trinajstić information content (AvgIpc) is 3.18. The number of hydrogen-bond donors (Lipinski definition) is 1. The molecule has 0 bridgehead atoms. The minimum atomic E-state index is -0.460. The van der Waals surface area contributed by atoms with Gasteiger partial charge in [0.05, 0.1) is 18.8 Å². The number of hydrogen-bond acceptors (Lipinski definition) is 4. The molecule has 6 aliphatic rings. The predicted octanol–water partition coefficient (Wildman–Crippen LogP) is 4.89. The summed E-state index contributed by atoms with van der Waals surface area (Å²) in [5.41, 5.74) is 1.24. The van der Waals surface area contributed by atoms with Crippen LogP contribution in [0, 0.1) is 46.3 Å². The SMILES string of the molecule is CC1CCC2(OC1)OC1CC3C4CC=C5CC(O)CCC5(C)C4CC(=O)C3(C)C1C2C. The number of carbonyl (C=O) groups is 1. The van der Waals surface area contributed by atoms with Crippen molar-refractivity contribution in [2.24, 2.45) is 46.3 Å². The van der Waals surface area contributed by atoms with Crippen molar-refractivity contribution >= 4 is 5.78 Å². The third-order valence-corrected chi connectivity index (χ3v) is 11.2. The third kappa shape index (κ3) is 2.62. The van der Waals surface area contributed by atoms with E-state index in [4.69, 9.17) is 9.47 Å². The fourth-order valence-electron chi connectivity index (χ4n) is 9.34. The van der Waals surface area contributed by atoms with Crippen LogP contribution in [0.5, 0.6) is 0 Å². The Balaban J connectivity index is 1.32. The molecule has 2 saturated heterocycles. The lowest BCUT2D eigenvalue weighted by Crippen LogP contribution is -2.56. The number of Topliss-reactive ketones (excluding diaryl/α,β-unsaturated/α-hetero) is 1. The summed E-state index contributed by atoms with van der Waals surface area (Å²) in [5.74, 6) is 2.59. The maximum atomic E-state index is 14.0. The smallest absolute Gasteiger partial charge is 0.171 e. The van der Waals surface area contributed by atoms with E-state index in [0.717, 1.165) is 51.6 Å². The van der Waals surface area contributed by atoms with Crippen molar-refractivity contribution in [3.05, 3.63) is 11.6 Å². The van der Waals surface area contributed by atoms with Gasteiger partial charge in [-0.1, -0.05) is 39.3 Å². The summed E-state index contributed by atoms with van der Waals surface area (Å²) < 4.78 is 13.2. The Labute approximate surface area is 187 Å². The number of ether oxygens (including phenoxy) is 2. The lowest BCUT2D eigenvalue weighted by Gasteiger charge is -2.57. The molecule has 11 unspecified atom stereocenters. The minimum Gasteiger partial charge on any atom is -0.393 e. The van der Waals surface area contributed by atoms with Gasteiger partial charge in [0.1, 0.15) is 5.78 Å². The van der Waals surface area contributed by atoms with Crippen molar-refractivity contribution in [2.45, 2.75) is 97.1 Å². The highest BCUT2D eigenvalue weighted by atomic mass is 16.7. The fraction of sp³-hybridized carbons (Fsp3) is 0.889. The molecule has 4 nitrogen and oxygen atoms in total. The van der Waals surface area contributed by atoms with Gasteiger partial charge in [-0.25, -0.2) is 0 Å². The quantitative estimate of drug-likeness (QED) is 0.558. The van der Waals surface area contributed by atoms with Crippen molar-refractivity contribution in [3.8, 4) is 0 Å². The Hall–Kier alpha value is -0.710. The molecule has 31 heavy (non-hydrogen) atoms. The van der Waals surface area contributed by atoms with Crippen LogP contribution in [0.2, 0.25) is 0 Å². The molecule has 4 heteroatoms. The van der Waals surface area contributed by atoms with Gasteiger partial charge in [0, 0.05) is 30.1 Å². The van der Waals surface area contributed by atoms with Gasteiger partial charge < -0.3 is 14.6 Å². The maximum absolute atomic E-state index is 14.0. The lowest BCUT2D eigenvalue weighted by atomic mass is 9.46. The van der Waals surface area contributed by atoms with E-state index in [2.05, 4.69) is 33.8 Å². The van der Waals surface area contributed by atoms with Crippen LogP contribution in [0.15, 0.2) is 11.6 Å². The number of carbonyl (C=O) groups excluding carboxylic acids is 1. The highest BCUT2D eigenvalue weighted by molar-refractivity contribution is 5.87.